The lowest BCUT2D eigenvalue weighted by Gasteiger charge is -2.12. The molecular weight excluding hydrogens is 292 g/mol. The van der Waals surface area contributed by atoms with Gasteiger partial charge in [0, 0.05) is 5.57 Å². The molecule has 0 bridgehead atoms. The predicted octanol–water partition coefficient (Wildman–Crippen LogP) is 3.85. The van der Waals surface area contributed by atoms with Gasteiger partial charge in [-0.1, -0.05) is 36.4 Å². The summed E-state index contributed by atoms with van der Waals surface area (Å²) in [4.78, 5) is 11.5. The number of methoxy groups -OCH3 is 2. The van der Waals surface area contributed by atoms with Crippen molar-refractivity contribution in [2.75, 3.05) is 14.2 Å². The zero-order chi connectivity index (χ0) is 16.7. The molecule has 0 fully saturated rings. The minimum absolute atomic E-state index is 0.354. The average Bonchev–Trinajstić information content (AvgIpc) is 2.60. The van der Waals surface area contributed by atoms with Crippen LogP contribution < -0.4 is 9.47 Å². The quantitative estimate of drug-likeness (QED) is 0.600. The summed E-state index contributed by atoms with van der Waals surface area (Å²) in [5, 5.41) is 0. The lowest BCUT2D eigenvalue weighted by molar-refractivity contribution is -0.135. The summed E-state index contributed by atoms with van der Waals surface area (Å²) in [7, 11) is 2.96. The topological polar surface area (TPSA) is 44.8 Å². The third-order valence-electron chi connectivity index (χ3n) is 3.32. The molecule has 120 valence electrons. The highest BCUT2D eigenvalue weighted by Crippen LogP contribution is 2.29. The van der Waals surface area contributed by atoms with E-state index in [1.807, 2.05) is 48.5 Å². The Morgan fingerprint density at radius 2 is 1.78 bits per heavy atom. The number of ether oxygens (including phenoxy) is 3. The van der Waals surface area contributed by atoms with E-state index in [2.05, 4.69) is 0 Å². The van der Waals surface area contributed by atoms with Crippen molar-refractivity contribution in [3.8, 4) is 11.5 Å². The molecule has 0 N–H and O–H groups in total. The molecule has 0 amide bonds. The summed E-state index contributed by atoms with van der Waals surface area (Å²) in [6, 6.07) is 15.4. The molecule has 0 unspecified atom stereocenters. The van der Waals surface area contributed by atoms with E-state index in [0.717, 1.165) is 11.1 Å². The van der Waals surface area contributed by atoms with E-state index in [1.165, 1.54) is 7.11 Å². The Kier molecular flexibility index (Phi) is 5.80. The zero-order valence-corrected chi connectivity index (χ0v) is 13.5. The first kappa shape index (κ1) is 16.6. The average molecular weight is 312 g/mol. The van der Waals surface area contributed by atoms with Crippen LogP contribution in [0, 0.1) is 0 Å². The van der Waals surface area contributed by atoms with Crippen molar-refractivity contribution < 1.29 is 19.0 Å². The van der Waals surface area contributed by atoms with E-state index < -0.39 is 0 Å². The van der Waals surface area contributed by atoms with Gasteiger partial charge in [0.25, 0.3) is 0 Å². The van der Waals surface area contributed by atoms with Gasteiger partial charge in [-0.25, -0.2) is 4.79 Å². The molecule has 0 aromatic heterocycles. The maximum Gasteiger partial charge on any atom is 0.333 e. The Labute approximate surface area is 136 Å². The summed E-state index contributed by atoms with van der Waals surface area (Å²) < 4.78 is 15.9. The molecule has 4 heteroatoms. The maximum absolute atomic E-state index is 11.5. The van der Waals surface area contributed by atoms with Crippen LogP contribution in [0.25, 0.3) is 6.08 Å². The number of carbonyl (C=O) groups excluding carboxylic acids is 1. The van der Waals surface area contributed by atoms with Crippen LogP contribution in [0.2, 0.25) is 0 Å². The highest BCUT2D eigenvalue weighted by molar-refractivity contribution is 5.93. The molecule has 23 heavy (non-hydrogen) atoms. The van der Waals surface area contributed by atoms with Gasteiger partial charge in [-0.05, 0) is 36.3 Å². The summed E-state index contributed by atoms with van der Waals surface area (Å²) in [6.07, 6.45) is 1.75. The first-order valence-electron chi connectivity index (χ1n) is 7.25. The van der Waals surface area contributed by atoms with E-state index in [1.54, 1.807) is 20.1 Å². The second-order valence-corrected chi connectivity index (χ2v) is 5.00. The van der Waals surface area contributed by atoms with Gasteiger partial charge in [0.2, 0.25) is 0 Å². The van der Waals surface area contributed by atoms with Gasteiger partial charge in [0.05, 0.1) is 14.2 Å². The van der Waals surface area contributed by atoms with Crippen LogP contribution in [0.15, 0.2) is 54.1 Å². The van der Waals surface area contributed by atoms with Gasteiger partial charge >= 0.3 is 5.97 Å². The van der Waals surface area contributed by atoms with Crippen LogP contribution >= 0.6 is 0 Å². The standard InChI is InChI=1S/C19H20O4/c1-14(19(20)22-3)11-16-9-10-17(21-2)18(12-16)23-13-15-7-5-4-6-8-15/h4-12H,13H2,1-3H3/b14-11+. The van der Waals surface area contributed by atoms with Gasteiger partial charge < -0.3 is 14.2 Å². The molecule has 0 saturated heterocycles. The Balaban J connectivity index is 2.20. The van der Waals surface area contributed by atoms with E-state index in [4.69, 9.17) is 14.2 Å². The molecule has 2 rings (SSSR count). The Bertz CT molecular complexity index is 690. The lowest BCUT2D eigenvalue weighted by Crippen LogP contribution is -2.01. The highest BCUT2D eigenvalue weighted by Gasteiger charge is 2.08. The minimum Gasteiger partial charge on any atom is -0.493 e. The number of benzene rings is 2. The van der Waals surface area contributed by atoms with Crippen molar-refractivity contribution in [2.24, 2.45) is 0 Å². The van der Waals surface area contributed by atoms with E-state index >= 15 is 0 Å². The van der Waals surface area contributed by atoms with Gasteiger partial charge in [0.1, 0.15) is 6.61 Å². The fraction of sp³-hybridized carbons (Fsp3) is 0.211. The molecule has 0 heterocycles. The number of hydrogen-bond donors (Lipinski definition) is 0. The number of hydrogen-bond acceptors (Lipinski definition) is 4. The SMILES string of the molecule is COC(=O)/C(C)=C/c1ccc(OC)c(OCc2ccccc2)c1. The summed E-state index contributed by atoms with van der Waals surface area (Å²) in [5.41, 5.74) is 2.43. The fourth-order valence-electron chi connectivity index (χ4n) is 2.10. The first-order valence-corrected chi connectivity index (χ1v) is 7.25. The second-order valence-electron chi connectivity index (χ2n) is 5.00. The molecule has 2 aromatic rings. The van der Waals surface area contributed by atoms with Gasteiger partial charge in [-0.3, -0.25) is 0 Å². The van der Waals surface area contributed by atoms with Gasteiger partial charge in [-0.15, -0.1) is 0 Å². The predicted molar refractivity (Wildman–Crippen MR) is 89.4 cm³/mol. The van der Waals surface area contributed by atoms with Crippen LogP contribution in [0.4, 0.5) is 0 Å². The van der Waals surface area contributed by atoms with Crippen LogP contribution in [-0.2, 0) is 16.1 Å². The molecule has 0 radical (unpaired) electrons. The highest BCUT2D eigenvalue weighted by atomic mass is 16.5. The van der Waals surface area contributed by atoms with Crippen LogP contribution in [0.5, 0.6) is 11.5 Å². The van der Waals surface area contributed by atoms with Crippen molar-refractivity contribution >= 4 is 12.0 Å². The molecule has 0 saturated carbocycles. The van der Waals surface area contributed by atoms with Crippen molar-refractivity contribution in [2.45, 2.75) is 13.5 Å². The van der Waals surface area contributed by atoms with Crippen LogP contribution in [0.3, 0.4) is 0 Å². The summed E-state index contributed by atoms with van der Waals surface area (Å²) >= 11 is 0. The summed E-state index contributed by atoms with van der Waals surface area (Å²) in [6.45, 7) is 2.15. The molecule has 4 nitrogen and oxygen atoms in total. The molecule has 0 aliphatic rings. The molecule has 0 spiro atoms. The molecular formula is C19H20O4. The van der Waals surface area contributed by atoms with Crippen LogP contribution in [0.1, 0.15) is 18.1 Å². The van der Waals surface area contributed by atoms with E-state index in [9.17, 15) is 4.79 Å². The normalized spacial score (nSPS) is 11.0. The molecule has 0 aliphatic carbocycles. The first-order chi connectivity index (χ1) is 11.1. The number of esters is 1. The zero-order valence-electron chi connectivity index (χ0n) is 13.5. The smallest absolute Gasteiger partial charge is 0.333 e. The van der Waals surface area contributed by atoms with Crippen molar-refractivity contribution in [3.05, 3.63) is 65.2 Å². The molecule has 0 aliphatic heterocycles. The van der Waals surface area contributed by atoms with Crippen molar-refractivity contribution in [1.29, 1.82) is 0 Å². The Hall–Kier alpha value is -2.75. The Morgan fingerprint density at radius 1 is 1.04 bits per heavy atom. The third kappa shape index (κ3) is 4.61. The van der Waals surface area contributed by atoms with Crippen LogP contribution in [-0.4, -0.2) is 20.2 Å². The maximum atomic E-state index is 11.5. The van der Waals surface area contributed by atoms with E-state index in [-0.39, 0.29) is 5.97 Å². The van der Waals surface area contributed by atoms with Crippen molar-refractivity contribution in [1.82, 2.24) is 0 Å². The Morgan fingerprint density at radius 3 is 2.43 bits per heavy atom. The molecule has 0 atom stereocenters. The second kappa shape index (κ2) is 8.03. The molecule has 2 aromatic carbocycles. The van der Waals surface area contributed by atoms with Gasteiger partial charge in [0.15, 0.2) is 11.5 Å². The minimum atomic E-state index is -0.354. The fourth-order valence-corrected chi connectivity index (χ4v) is 2.10. The third-order valence-corrected chi connectivity index (χ3v) is 3.32. The number of rotatable bonds is 6. The monoisotopic (exact) mass is 312 g/mol. The van der Waals surface area contributed by atoms with Crippen molar-refractivity contribution in [3.63, 3.8) is 0 Å². The largest absolute Gasteiger partial charge is 0.493 e. The summed E-state index contributed by atoms with van der Waals surface area (Å²) in [5.74, 6) is 0.921. The lowest BCUT2D eigenvalue weighted by atomic mass is 10.1. The van der Waals surface area contributed by atoms with Gasteiger partial charge in [-0.2, -0.15) is 0 Å². The van der Waals surface area contributed by atoms with E-state index in [0.29, 0.717) is 23.7 Å². The number of carbonyl (C=O) groups is 1.